The number of amides is 1. The van der Waals surface area contributed by atoms with Gasteiger partial charge in [-0.1, -0.05) is 30.3 Å². The lowest BCUT2D eigenvalue weighted by molar-refractivity contribution is 0.0785. The van der Waals surface area contributed by atoms with Gasteiger partial charge in [-0.3, -0.25) is 4.79 Å². The van der Waals surface area contributed by atoms with Crippen molar-refractivity contribution in [2.24, 2.45) is 0 Å². The Balaban J connectivity index is 1.95. The van der Waals surface area contributed by atoms with Crippen LogP contribution in [0.4, 0.5) is 0 Å². The molecule has 100 valence electrons. The van der Waals surface area contributed by atoms with Gasteiger partial charge in [-0.25, -0.2) is 0 Å². The van der Waals surface area contributed by atoms with Crippen LogP contribution in [0.2, 0.25) is 0 Å². The Hall–Kier alpha value is -1.65. The van der Waals surface area contributed by atoms with Gasteiger partial charge in [0.05, 0.1) is 10.5 Å². The summed E-state index contributed by atoms with van der Waals surface area (Å²) in [5.41, 5.74) is 1.04. The lowest BCUT2D eigenvalue weighted by Gasteiger charge is -2.17. The predicted molar refractivity (Wildman–Crippen MR) is 77.2 cm³/mol. The van der Waals surface area contributed by atoms with Crippen molar-refractivity contribution in [3.8, 4) is 0 Å². The van der Waals surface area contributed by atoms with Gasteiger partial charge in [-0.15, -0.1) is 11.3 Å². The zero-order valence-corrected chi connectivity index (χ0v) is 11.8. The van der Waals surface area contributed by atoms with Crippen molar-refractivity contribution < 1.29 is 9.90 Å². The lowest BCUT2D eigenvalue weighted by Crippen LogP contribution is -2.22. The number of thiophene rings is 1. The van der Waals surface area contributed by atoms with E-state index in [-0.39, 0.29) is 5.91 Å². The van der Waals surface area contributed by atoms with E-state index in [0.717, 1.165) is 11.1 Å². The molecule has 2 N–H and O–H groups in total. The highest BCUT2D eigenvalue weighted by Gasteiger charge is 2.15. The molecule has 4 heteroatoms. The van der Waals surface area contributed by atoms with Gasteiger partial charge in [-0.05, 0) is 36.4 Å². The number of rotatable bonds is 4. The van der Waals surface area contributed by atoms with E-state index in [0.29, 0.717) is 11.4 Å². The molecule has 0 aliphatic carbocycles. The van der Waals surface area contributed by atoms with E-state index in [9.17, 15) is 9.90 Å². The van der Waals surface area contributed by atoms with Crippen LogP contribution in [-0.4, -0.2) is 11.0 Å². The summed E-state index contributed by atoms with van der Waals surface area (Å²) < 4.78 is 0. The minimum Gasteiger partial charge on any atom is -0.386 e. The molecule has 3 nitrogen and oxygen atoms in total. The SMILES string of the molecule is CC(C)(O)c1ccc(CNC(=O)c2cccs2)cc1. The van der Waals surface area contributed by atoms with Crippen molar-refractivity contribution in [1.29, 1.82) is 0 Å². The van der Waals surface area contributed by atoms with E-state index in [2.05, 4.69) is 5.32 Å². The van der Waals surface area contributed by atoms with Crippen molar-refractivity contribution in [3.05, 3.63) is 57.8 Å². The van der Waals surface area contributed by atoms with Gasteiger partial charge in [0, 0.05) is 6.54 Å². The fourth-order valence-corrected chi connectivity index (χ4v) is 2.35. The van der Waals surface area contributed by atoms with E-state index in [4.69, 9.17) is 0 Å². The fourth-order valence-electron chi connectivity index (χ4n) is 1.71. The Morgan fingerprint density at radius 2 is 1.95 bits per heavy atom. The van der Waals surface area contributed by atoms with Gasteiger partial charge < -0.3 is 10.4 Å². The first-order valence-electron chi connectivity index (χ1n) is 6.10. The van der Waals surface area contributed by atoms with Crippen molar-refractivity contribution in [3.63, 3.8) is 0 Å². The first-order valence-corrected chi connectivity index (χ1v) is 6.98. The number of carbonyl (C=O) groups is 1. The molecular formula is C15H17NO2S. The summed E-state index contributed by atoms with van der Waals surface area (Å²) in [4.78, 5) is 12.5. The third-order valence-corrected chi connectivity index (χ3v) is 3.73. The van der Waals surface area contributed by atoms with Crippen LogP contribution in [-0.2, 0) is 12.1 Å². The number of hydrogen-bond donors (Lipinski definition) is 2. The van der Waals surface area contributed by atoms with Crippen LogP contribution in [0.1, 0.15) is 34.6 Å². The molecule has 0 fully saturated rings. The van der Waals surface area contributed by atoms with Crippen LogP contribution in [0.25, 0.3) is 0 Å². The molecule has 0 aliphatic rings. The third kappa shape index (κ3) is 3.66. The normalized spacial score (nSPS) is 11.3. The molecule has 19 heavy (non-hydrogen) atoms. The zero-order valence-electron chi connectivity index (χ0n) is 11.0. The molecule has 1 aromatic heterocycles. The van der Waals surface area contributed by atoms with E-state index in [1.807, 2.05) is 35.7 Å². The quantitative estimate of drug-likeness (QED) is 0.901. The first kappa shape index (κ1) is 13.8. The van der Waals surface area contributed by atoms with Crippen LogP contribution < -0.4 is 5.32 Å². The summed E-state index contributed by atoms with van der Waals surface area (Å²) in [7, 11) is 0. The Morgan fingerprint density at radius 1 is 1.26 bits per heavy atom. The number of aliphatic hydroxyl groups is 1. The largest absolute Gasteiger partial charge is 0.386 e. The second kappa shape index (κ2) is 5.55. The van der Waals surface area contributed by atoms with Gasteiger partial charge in [0.2, 0.25) is 0 Å². The maximum absolute atomic E-state index is 11.8. The van der Waals surface area contributed by atoms with E-state index < -0.39 is 5.60 Å². The van der Waals surface area contributed by atoms with Crippen LogP contribution in [0.3, 0.4) is 0 Å². The van der Waals surface area contributed by atoms with Crippen molar-refractivity contribution >= 4 is 17.2 Å². The zero-order chi connectivity index (χ0) is 13.9. The third-order valence-electron chi connectivity index (χ3n) is 2.86. The summed E-state index contributed by atoms with van der Waals surface area (Å²) in [6.45, 7) is 3.99. The minimum absolute atomic E-state index is 0.0541. The van der Waals surface area contributed by atoms with Gasteiger partial charge in [-0.2, -0.15) is 0 Å². The average Bonchev–Trinajstić information content (AvgIpc) is 2.89. The molecule has 1 aromatic carbocycles. The average molecular weight is 275 g/mol. The van der Waals surface area contributed by atoms with Crippen LogP contribution in [0, 0.1) is 0 Å². The Morgan fingerprint density at radius 3 is 2.47 bits per heavy atom. The summed E-state index contributed by atoms with van der Waals surface area (Å²) in [6.07, 6.45) is 0. The Bertz CT molecular complexity index is 539. The van der Waals surface area contributed by atoms with Gasteiger partial charge in [0.1, 0.15) is 0 Å². The molecule has 1 heterocycles. The lowest BCUT2D eigenvalue weighted by atomic mass is 9.97. The van der Waals surface area contributed by atoms with Crippen molar-refractivity contribution in [2.75, 3.05) is 0 Å². The minimum atomic E-state index is -0.835. The van der Waals surface area contributed by atoms with Gasteiger partial charge in [0.25, 0.3) is 5.91 Å². The highest BCUT2D eigenvalue weighted by atomic mass is 32.1. The van der Waals surface area contributed by atoms with Crippen molar-refractivity contribution in [1.82, 2.24) is 5.32 Å². The molecule has 1 amide bonds. The topological polar surface area (TPSA) is 49.3 Å². The summed E-state index contributed by atoms with van der Waals surface area (Å²) in [5.74, 6) is -0.0541. The smallest absolute Gasteiger partial charge is 0.261 e. The Kier molecular flexibility index (Phi) is 4.02. The maximum atomic E-state index is 11.8. The molecule has 2 rings (SSSR count). The molecular weight excluding hydrogens is 258 g/mol. The Labute approximate surface area is 116 Å². The second-order valence-corrected chi connectivity index (χ2v) is 5.86. The fraction of sp³-hybridized carbons (Fsp3) is 0.267. The highest BCUT2D eigenvalue weighted by molar-refractivity contribution is 7.12. The second-order valence-electron chi connectivity index (χ2n) is 4.92. The maximum Gasteiger partial charge on any atom is 0.261 e. The summed E-state index contributed by atoms with van der Waals surface area (Å²) in [6, 6.07) is 11.3. The van der Waals surface area contributed by atoms with Crippen LogP contribution in [0.5, 0.6) is 0 Å². The van der Waals surface area contributed by atoms with Gasteiger partial charge >= 0.3 is 0 Å². The number of carbonyl (C=O) groups excluding carboxylic acids is 1. The standard InChI is InChI=1S/C15H17NO2S/c1-15(2,18)12-7-5-11(6-8-12)10-16-14(17)13-4-3-9-19-13/h3-9,18H,10H2,1-2H3,(H,16,17). The summed E-state index contributed by atoms with van der Waals surface area (Å²) >= 11 is 1.43. The molecule has 0 spiro atoms. The number of benzene rings is 1. The van der Waals surface area contributed by atoms with Crippen LogP contribution in [0.15, 0.2) is 41.8 Å². The van der Waals surface area contributed by atoms with E-state index in [1.165, 1.54) is 11.3 Å². The molecule has 0 saturated heterocycles. The molecule has 2 aromatic rings. The van der Waals surface area contributed by atoms with E-state index in [1.54, 1.807) is 19.9 Å². The monoisotopic (exact) mass is 275 g/mol. The molecule has 0 aliphatic heterocycles. The number of nitrogens with one attached hydrogen (secondary N) is 1. The molecule has 0 saturated carbocycles. The van der Waals surface area contributed by atoms with Crippen molar-refractivity contribution in [2.45, 2.75) is 26.0 Å². The predicted octanol–water partition coefficient (Wildman–Crippen LogP) is 2.91. The van der Waals surface area contributed by atoms with Crippen LogP contribution >= 0.6 is 11.3 Å². The molecule has 0 bridgehead atoms. The summed E-state index contributed by atoms with van der Waals surface area (Å²) in [5, 5.41) is 14.6. The first-order chi connectivity index (χ1) is 8.97. The molecule has 0 atom stereocenters. The number of hydrogen-bond acceptors (Lipinski definition) is 3. The highest BCUT2D eigenvalue weighted by Crippen LogP contribution is 2.19. The molecule has 0 radical (unpaired) electrons. The molecule has 0 unspecified atom stereocenters. The van der Waals surface area contributed by atoms with E-state index >= 15 is 0 Å². The van der Waals surface area contributed by atoms with Gasteiger partial charge in [0.15, 0.2) is 0 Å².